The van der Waals surface area contributed by atoms with E-state index in [-0.39, 0.29) is 11.7 Å². The molecule has 1 unspecified atom stereocenters. The number of carbonyl (C=O) groups excluding carboxylic acids is 1. The molecule has 1 N–H and O–H groups in total. The summed E-state index contributed by atoms with van der Waals surface area (Å²) in [6, 6.07) is 19.3. The summed E-state index contributed by atoms with van der Waals surface area (Å²) in [6.07, 6.45) is 2.62. The van der Waals surface area contributed by atoms with Crippen molar-refractivity contribution < 1.29 is 13.9 Å². The fourth-order valence-electron chi connectivity index (χ4n) is 5.17. The third kappa shape index (κ3) is 4.91. The number of furan rings is 1. The molecule has 0 saturated carbocycles. The molecule has 3 heterocycles. The monoisotopic (exact) mass is 529 g/mol. The number of ketones is 1. The average molecular weight is 530 g/mol. The van der Waals surface area contributed by atoms with Crippen LogP contribution in [0.15, 0.2) is 71.3 Å². The van der Waals surface area contributed by atoms with Gasteiger partial charge in [-0.15, -0.1) is 0 Å². The largest absolute Gasteiger partial charge is 0.497 e. The third-order valence-electron chi connectivity index (χ3n) is 7.16. The van der Waals surface area contributed by atoms with E-state index in [9.17, 15) is 4.79 Å². The minimum absolute atomic E-state index is 0.0148. The maximum Gasteiger partial charge on any atom is 0.227 e. The summed E-state index contributed by atoms with van der Waals surface area (Å²) in [5.74, 6) is 2.70. The highest BCUT2D eigenvalue weighted by Gasteiger charge is 2.33. The van der Waals surface area contributed by atoms with Gasteiger partial charge in [0.25, 0.3) is 0 Å². The Labute approximate surface area is 226 Å². The van der Waals surface area contributed by atoms with Crippen LogP contribution >= 0.6 is 11.6 Å². The van der Waals surface area contributed by atoms with Gasteiger partial charge in [0.15, 0.2) is 5.78 Å². The van der Waals surface area contributed by atoms with E-state index in [1.165, 1.54) is 0 Å². The number of fused-ring (bicyclic) bond motifs is 1. The smallest absolute Gasteiger partial charge is 0.227 e. The lowest BCUT2D eigenvalue weighted by Gasteiger charge is -2.36. The zero-order valence-corrected chi connectivity index (χ0v) is 21.8. The van der Waals surface area contributed by atoms with Crippen LogP contribution in [0.5, 0.6) is 5.75 Å². The number of halogens is 1. The molecule has 8 nitrogen and oxygen atoms in total. The molecule has 1 saturated heterocycles. The van der Waals surface area contributed by atoms with Crippen LogP contribution in [-0.4, -0.2) is 49.0 Å². The van der Waals surface area contributed by atoms with Crippen molar-refractivity contribution in [2.24, 2.45) is 0 Å². The van der Waals surface area contributed by atoms with Crippen LogP contribution in [-0.2, 0) is 6.42 Å². The van der Waals surface area contributed by atoms with Gasteiger partial charge in [-0.2, -0.15) is 4.98 Å². The number of hydrogen-bond acceptors (Lipinski definition) is 8. The van der Waals surface area contributed by atoms with Gasteiger partial charge in [-0.3, -0.25) is 4.79 Å². The number of aromatic nitrogens is 2. The lowest BCUT2D eigenvalue weighted by Crippen LogP contribution is -2.47. The minimum atomic E-state index is -0.0405. The Hall–Kier alpha value is -4.04. The van der Waals surface area contributed by atoms with Crippen LogP contribution in [0.25, 0.3) is 0 Å². The van der Waals surface area contributed by atoms with E-state index < -0.39 is 0 Å². The van der Waals surface area contributed by atoms with Gasteiger partial charge in [-0.25, -0.2) is 4.98 Å². The van der Waals surface area contributed by atoms with E-state index in [2.05, 4.69) is 21.2 Å². The number of piperazine rings is 1. The first-order valence-electron chi connectivity index (χ1n) is 12.7. The van der Waals surface area contributed by atoms with E-state index in [0.29, 0.717) is 30.2 Å². The summed E-state index contributed by atoms with van der Waals surface area (Å²) in [6.45, 7) is 3.14. The molecular formula is C29H28ClN5O3. The number of Topliss-reactive ketones (excluding diaryl/α,β-unsaturated/α-hetero) is 1. The molecule has 0 amide bonds. The Bertz CT molecular complexity index is 1430. The Balaban J connectivity index is 1.31. The van der Waals surface area contributed by atoms with Crippen molar-refractivity contribution in [1.29, 1.82) is 0 Å². The van der Waals surface area contributed by atoms with Crippen LogP contribution in [0, 0.1) is 0 Å². The standard InChI is InChI=1S/C29H28ClN5O3/c1-37-23-9-7-21(8-10-23)31-28-27-24(16-19(17-25(27)36)26-6-3-15-38-26)32-29(33-28)35-13-11-34(12-14-35)22-5-2-4-20(30)18-22/h2-10,15,18-19H,11-14,16-17H2,1H3,(H,31,32,33). The van der Waals surface area contributed by atoms with Crippen molar-refractivity contribution in [3.63, 3.8) is 0 Å². The van der Waals surface area contributed by atoms with Crippen molar-refractivity contribution in [1.82, 2.24) is 9.97 Å². The number of methoxy groups -OCH3 is 1. The number of rotatable bonds is 6. The quantitative estimate of drug-likeness (QED) is 0.340. The molecule has 194 valence electrons. The molecule has 2 aliphatic rings. The lowest BCUT2D eigenvalue weighted by atomic mass is 9.84. The van der Waals surface area contributed by atoms with Gasteiger partial charge in [0.2, 0.25) is 5.95 Å². The Morgan fingerprint density at radius 2 is 1.76 bits per heavy atom. The fourth-order valence-corrected chi connectivity index (χ4v) is 5.36. The van der Waals surface area contributed by atoms with Gasteiger partial charge in [0.1, 0.15) is 17.3 Å². The average Bonchev–Trinajstić information content (AvgIpc) is 3.48. The SMILES string of the molecule is COc1ccc(Nc2nc(N3CCN(c4cccc(Cl)c4)CC3)nc3c2C(=O)CC(c2ccco2)C3)cc1. The summed E-state index contributed by atoms with van der Waals surface area (Å²) in [5, 5.41) is 4.11. The highest BCUT2D eigenvalue weighted by atomic mass is 35.5. The van der Waals surface area contributed by atoms with Crippen LogP contribution in [0.2, 0.25) is 5.02 Å². The number of hydrogen-bond donors (Lipinski definition) is 1. The lowest BCUT2D eigenvalue weighted by molar-refractivity contribution is 0.0959. The molecule has 2 aromatic carbocycles. The molecular weight excluding hydrogens is 502 g/mol. The number of benzene rings is 2. The first-order valence-corrected chi connectivity index (χ1v) is 13.1. The van der Waals surface area contributed by atoms with E-state index >= 15 is 0 Å². The van der Waals surface area contributed by atoms with E-state index in [1.807, 2.05) is 54.6 Å². The Morgan fingerprint density at radius 1 is 0.974 bits per heavy atom. The molecule has 1 fully saturated rings. The molecule has 0 bridgehead atoms. The van der Waals surface area contributed by atoms with Crippen molar-refractivity contribution >= 4 is 40.5 Å². The summed E-state index contributed by atoms with van der Waals surface area (Å²) in [7, 11) is 1.63. The molecule has 4 aromatic rings. The topological polar surface area (TPSA) is 83.7 Å². The summed E-state index contributed by atoms with van der Waals surface area (Å²) in [4.78, 5) is 27.7. The van der Waals surface area contributed by atoms with Crippen molar-refractivity contribution in [2.75, 3.05) is 48.4 Å². The normalized spacial score (nSPS) is 17.3. The fraction of sp³-hybridized carbons (Fsp3) is 0.276. The maximum atomic E-state index is 13.4. The zero-order chi connectivity index (χ0) is 26.1. The maximum absolute atomic E-state index is 13.4. The number of nitrogens with zero attached hydrogens (tertiary/aromatic N) is 4. The first-order chi connectivity index (χ1) is 18.6. The Kier molecular flexibility index (Phi) is 6.64. The molecule has 1 aliphatic carbocycles. The predicted octanol–water partition coefficient (Wildman–Crippen LogP) is 5.71. The first kappa shape index (κ1) is 24.3. The van der Waals surface area contributed by atoms with Gasteiger partial charge < -0.3 is 24.3 Å². The molecule has 1 aliphatic heterocycles. The van der Waals surface area contributed by atoms with Crippen molar-refractivity contribution in [3.8, 4) is 5.75 Å². The molecule has 2 aromatic heterocycles. The Morgan fingerprint density at radius 3 is 2.47 bits per heavy atom. The highest BCUT2D eigenvalue weighted by molar-refractivity contribution is 6.30. The second kappa shape index (κ2) is 10.4. The van der Waals surface area contributed by atoms with E-state index in [0.717, 1.165) is 59.8 Å². The van der Waals surface area contributed by atoms with Crippen LogP contribution in [0.1, 0.15) is 34.2 Å². The molecule has 0 spiro atoms. The zero-order valence-electron chi connectivity index (χ0n) is 21.1. The van der Waals surface area contributed by atoms with Crippen LogP contribution in [0.4, 0.5) is 23.1 Å². The van der Waals surface area contributed by atoms with Gasteiger partial charge >= 0.3 is 0 Å². The number of carbonyl (C=O) groups is 1. The summed E-state index contributed by atoms with van der Waals surface area (Å²) in [5.41, 5.74) is 3.24. The van der Waals surface area contributed by atoms with Crippen LogP contribution in [0.3, 0.4) is 0 Å². The van der Waals surface area contributed by atoms with E-state index in [1.54, 1.807) is 13.4 Å². The number of nitrogens with one attached hydrogen (secondary N) is 1. The van der Waals surface area contributed by atoms with E-state index in [4.69, 9.17) is 30.7 Å². The minimum Gasteiger partial charge on any atom is -0.497 e. The highest BCUT2D eigenvalue weighted by Crippen LogP contribution is 2.37. The molecule has 0 radical (unpaired) electrons. The third-order valence-corrected chi connectivity index (χ3v) is 7.39. The van der Waals surface area contributed by atoms with Crippen molar-refractivity contribution in [2.45, 2.75) is 18.8 Å². The van der Waals surface area contributed by atoms with Gasteiger partial charge in [0.05, 0.1) is 24.6 Å². The van der Waals surface area contributed by atoms with Crippen molar-refractivity contribution in [3.05, 3.63) is 89.0 Å². The second-order valence-corrected chi connectivity index (χ2v) is 9.98. The van der Waals surface area contributed by atoms with Crippen LogP contribution < -0.4 is 19.9 Å². The number of ether oxygens (including phenoxy) is 1. The molecule has 1 atom stereocenters. The van der Waals surface area contributed by atoms with Gasteiger partial charge in [-0.1, -0.05) is 17.7 Å². The summed E-state index contributed by atoms with van der Waals surface area (Å²) >= 11 is 6.21. The molecule has 38 heavy (non-hydrogen) atoms. The number of anilines is 4. The van der Waals surface area contributed by atoms with Gasteiger partial charge in [-0.05, 0) is 54.6 Å². The molecule has 6 rings (SSSR count). The predicted molar refractivity (Wildman–Crippen MR) is 148 cm³/mol. The van der Waals surface area contributed by atoms with Gasteiger partial charge in [0, 0.05) is 61.3 Å². The molecule has 9 heteroatoms. The summed E-state index contributed by atoms with van der Waals surface area (Å²) < 4.78 is 10.9. The second-order valence-electron chi connectivity index (χ2n) is 9.55.